The summed E-state index contributed by atoms with van der Waals surface area (Å²) in [4.78, 5) is 41.7. The number of likely N-dealkylation sites (tertiary alicyclic amines) is 1. The van der Waals surface area contributed by atoms with Crippen LogP contribution in [-0.2, 0) is 15.0 Å². The number of urea groups is 1. The molecule has 166 valence electrons. The third kappa shape index (κ3) is 3.49. The summed E-state index contributed by atoms with van der Waals surface area (Å²) in [6.45, 7) is 3.44. The molecule has 1 aromatic rings. The number of aldehydes is 1. The standard InChI is InChI=1S/C25H33N3O3/c29-18-24(10-5-11-24)17-27-14-8-19(9-15-27)16-26-23(31)28-21-7-2-1-6-20(21)25(22(28)30)12-3-4-13-25/h1-2,6-7,18-19H,3-5,8-17H2,(H,26,31). The molecule has 3 amide bonds. The second-order valence-electron chi connectivity index (χ2n) is 10.2. The number of fused-ring (bicyclic) bond motifs is 2. The first-order valence-corrected chi connectivity index (χ1v) is 12.0. The van der Waals surface area contributed by atoms with E-state index in [1.54, 1.807) is 0 Å². The van der Waals surface area contributed by atoms with Gasteiger partial charge in [0.25, 0.3) is 0 Å². The maximum absolute atomic E-state index is 13.3. The number of carbonyl (C=O) groups is 3. The average molecular weight is 424 g/mol. The van der Waals surface area contributed by atoms with Gasteiger partial charge in [-0.15, -0.1) is 0 Å². The van der Waals surface area contributed by atoms with Gasteiger partial charge in [0, 0.05) is 18.5 Å². The summed E-state index contributed by atoms with van der Waals surface area (Å²) in [5.41, 5.74) is 1.21. The Morgan fingerprint density at radius 2 is 1.77 bits per heavy atom. The first kappa shape index (κ1) is 20.7. The summed E-state index contributed by atoms with van der Waals surface area (Å²) in [5, 5.41) is 3.06. The number of rotatable bonds is 5. The van der Waals surface area contributed by atoms with Gasteiger partial charge in [-0.25, -0.2) is 9.69 Å². The Bertz CT molecular complexity index is 865. The number of benzene rings is 1. The molecule has 6 heteroatoms. The SMILES string of the molecule is O=CC1(CN2CCC(CNC(=O)N3C(=O)C4(CCCC4)c4ccccc43)CC2)CCC1. The smallest absolute Gasteiger partial charge is 0.328 e. The lowest BCUT2D eigenvalue weighted by Crippen LogP contribution is -2.49. The molecule has 2 aliphatic heterocycles. The summed E-state index contributed by atoms with van der Waals surface area (Å²) in [7, 11) is 0. The normalized spacial score (nSPS) is 24.8. The fourth-order valence-corrected chi connectivity index (χ4v) is 6.22. The minimum Gasteiger partial charge on any atom is -0.337 e. The van der Waals surface area contributed by atoms with Crippen molar-refractivity contribution in [2.45, 2.75) is 63.2 Å². The Kier molecular flexibility index (Phi) is 5.37. The van der Waals surface area contributed by atoms with Crippen molar-refractivity contribution in [3.8, 4) is 0 Å². The van der Waals surface area contributed by atoms with Crippen LogP contribution in [0, 0.1) is 11.3 Å². The third-order valence-corrected chi connectivity index (χ3v) is 8.32. The largest absolute Gasteiger partial charge is 0.337 e. The number of imide groups is 1. The van der Waals surface area contributed by atoms with Gasteiger partial charge in [-0.05, 0) is 69.2 Å². The van der Waals surface area contributed by atoms with Crippen LogP contribution in [0.1, 0.15) is 63.4 Å². The zero-order valence-corrected chi connectivity index (χ0v) is 18.3. The number of amides is 3. The Morgan fingerprint density at radius 1 is 1.06 bits per heavy atom. The van der Waals surface area contributed by atoms with Gasteiger partial charge in [-0.2, -0.15) is 0 Å². The van der Waals surface area contributed by atoms with Crippen LogP contribution in [0.25, 0.3) is 0 Å². The predicted octanol–water partition coefficient (Wildman–Crippen LogP) is 3.64. The number of piperidine rings is 1. The topological polar surface area (TPSA) is 69.7 Å². The van der Waals surface area contributed by atoms with E-state index in [4.69, 9.17) is 0 Å². The van der Waals surface area contributed by atoms with Gasteiger partial charge in [0.2, 0.25) is 5.91 Å². The monoisotopic (exact) mass is 423 g/mol. The molecule has 0 unspecified atom stereocenters. The van der Waals surface area contributed by atoms with E-state index >= 15 is 0 Å². The molecule has 5 rings (SSSR count). The molecule has 0 aromatic heterocycles. The number of anilines is 1. The Morgan fingerprint density at radius 3 is 2.42 bits per heavy atom. The maximum atomic E-state index is 13.3. The highest BCUT2D eigenvalue weighted by Gasteiger charge is 2.53. The van der Waals surface area contributed by atoms with Crippen molar-refractivity contribution in [2.24, 2.45) is 11.3 Å². The van der Waals surface area contributed by atoms with Crippen LogP contribution in [0.4, 0.5) is 10.5 Å². The fraction of sp³-hybridized carbons (Fsp3) is 0.640. The fourth-order valence-electron chi connectivity index (χ4n) is 6.22. The molecule has 6 nitrogen and oxygen atoms in total. The predicted molar refractivity (Wildman–Crippen MR) is 119 cm³/mol. The van der Waals surface area contributed by atoms with Gasteiger partial charge in [-0.1, -0.05) is 37.5 Å². The van der Waals surface area contributed by atoms with Crippen molar-refractivity contribution in [1.82, 2.24) is 10.2 Å². The molecule has 3 fully saturated rings. The molecule has 0 bridgehead atoms. The van der Waals surface area contributed by atoms with E-state index in [0.717, 1.165) is 82.3 Å². The second-order valence-corrected chi connectivity index (χ2v) is 10.2. The zero-order valence-electron chi connectivity index (χ0n) is 18.3. The second kappa shape index (κ2) is 8.05. The van der Waals surface area contributed by atoms with E-state index in [9.17, 15) is 14.4 Å². The van der Waals surface area contributed by atoms with Crippen molar-refractivity contribution in [2.75, 3.05) is 31.1 Å². The van der Waals surface area contributed by atoms with Crippen molar-refractivity contribution in [3.63, 3.8) is 0 Å². The molecule has 1 N–H and O–H groups in total. The van der Waals surface area contributed by atoms with Gasteiger partial charge >= 0.3 is 6.03 Å². The summed E-state index contributed by atoms with van der Waals surface area (Å²) < 4.78 is 0. The number of carbonyl (C=O) groups excluding carboxylic acids is 3. The van der Waals surface area contributed by atoms with Crippen molar-refractivity contribution in [1.29, 1.82) is 0 Å². The molecule has 1 saturated heterocycles. The van der Waals surface area contributed by atoms with Crippen LogP contribution in [0.2, 0.25) is 0 Å². The Hall–Kier alpha value is -2.21. The van der Waals surface area contributed by atoms with Crippen LogP contribution in [-0.4, -0.2) is 49.3 Å². The zero-order chi connectivity index (χ0) is 21.5. The Labute approximate surface area is 184 Å². The molecule has 1 spiro atoms. The van der Waals surface area contributed by atoms with Crippen LogP contribution < -0.4 is 10.2 Å². The van der Waals surface area contributed by atoms with E-state index in [1.165, 1.54) is 17.6 Å². The molecule has 31 heavy (non-hydrogen) atoms. The first-order valence-electron chi connectivity index (χ1n) is 12.0. The van der Waals surface area contributed by atoms with E-state index in [2.05, 4.69) is 10.2 Å². The first-order chi connectivity index (χ1) is 15.1. The van der Waals surface area contributed by atoms with E-state index in [0.29, 0.717) is 12.5 Å². The molecule has 2 aliphatic carbocycles. The minimum absolute atomic E-state index is 0.0434. The maximum Gasteiger partial charge on any atom is 0.328 e. The van der Waals surface area contributed by atoms with Crippen molar-refractivity contribution in [3.05, 3.63) is 29.8 Å². The molecule has 2 saturated carbocycles. The highest BCUT2D eigenvalue weighted by atomic mass is 16.2. The lowest BCUT2D eigenvalue weighted by Gasteiger charge is -2.43. The molecular formula is C25H33N3O3. The lowest BCUT2D eigenvalue weighted by atomic mass is 9.69. The highest BCUT2D eigenvalue weighted by Crippen LogP contribution is 2.51. The van der Waals surface area contributed by atoms with E-state index in [-0.39, 0.29) is 17.4 Å². The minimum atomic E-state index is -0.491. The highest BCUT2D eigenvalue weighted by molar-refractivity contribution is 6.22. The number of nitrogens with one attached hydrogen (secondary N) is 1. The van der Waals surface area contributed by atoms with Crippen LogP contribution >= 0.6 is 0 Å². The number of hydrogen-bond donors (Lipinski definition) is 1. The van der Waals surface area contributed by atoms with Crippen LogP contribution in [0.3, 0.4) is 0 Å². The number of para-hydroxylation sites is 1. The van der Waals surface area contributed by atoms with Crippen molar-refractivity contribution < 1.29 is 14.4 Å². The summed E-state index contributed by atoms with van der Waals surface area (Å²) >= 11 is 0. The molecule has 2 heterocycles. The van der Waals surface area contributed by atoms with Crippen molar-refractivity contribution >= 4 is 23.9 Å². The Balaban J connectivity index is 1.17. The van der Waals surface area contributed by atoms with Gasteiger partial charge in [0.1, 0.15) is 6.29 Å². The van der Waals surface area contributed by atoms with Crippen LogP contribution in [0.15, 0.2) is 24.3 Å². The quantitative estimate of drug-likeness (QED) is 0.734. The molecular weight excluding hydrogens is 390 g/mol. The molecule has 0 atom stereocenters. The summed E-state index contributed by atoms with van der Waals surface area (Å²) in [5.74, 6) is 0.375. The number of hydrogen-bond acceptors (Lipinski definition) is 4. The summed E-state index contributed by atoms with van der Waals surface area (Å²) in [6.07, 6.45) is 10.2. The third-order valence-electron chi connectivity index (χ3n) is 8.32. The van der Waals surface area contributed by atoms with Gasteiger partial charge in [0.05, 0.1) is 11.1 Å². The lowest BCUT2D eigenvalue weighted by molar-refractivity contribution is -0.123. The molecule has 4 aliphatic rings. The van der Waals surface area contributed by atoms with Gasteiger partial charge < -0.3 is 15.0 Å². The van der Waals surface area contributed by atoms with E-state index < -0.39 is 5.41 Å². The van der Waals surface area contributed by atoms with E-state index in [1.807, 2.05) is 24.3 Å². The molecule has 1 aromatic carbocycles. The number of nitrogens with zero attached hydrogens (tertiary/aromatic N) is 2. The van der Waals surface area contributed by atoms with Gasteiger partial charge in [-0.3, -0.25) is 4.79 Å². The van der Waals surface area contributed by atoms with Gasteiger partial charge in [0.15, 0.2) is 0 Å². The molecule has 0 radical (unpaired) electrons. The summed E-state index contributed by atoms with van der Waals surface area (Å²) in [6, 6.07) is 7.53. The average Bonchev–Trinajstić information content (AvgIpc) is 3.35. The van der Waals surface area contributed by atoms with Crippen LogP contribution in [0.5, 0.6) is 0 Å².